The van der Waals surface area contributed by atoms with Crippen molar-refractivity contribution in [1.29, 1.82) is 5.26 Å². The molecule has 0 fully saturated rings. The molecule has 1 aromatic rings. The summed E-state index contributed by atoms with van der Waals surface area (Å²) < 4.78 is 36.6. The van der Waals surface area contributed by atoms with Gasteiger partial charge in [-0.25, -0.2) is 0 Å². The molecule has 0 amide bonds. The Hall–Kier alpha value is -0.770. The Balaban J connectivity index is 2.81. The van der Waals surface area contributed by atoms with Gasteiger partial charge in [0.05, 0.1) is 17.6 Å². The number of hydrogen-bond donors (Lipinski definition) is 1. The lowest BCUT2D eigenvalue weighted by Gasteiger charge is -2.14. The molecule has 0 heterocycles. The van der Waals surface area contributed by atoms with Crippen LogP contribution in [0, 0.1) is 11.3 Å². The fraction of sp³-hybridized carbons (Fsp3) is 0.300. The topological polar surface area (TPSA) is 35.8 Å². The molecule has 0 aliphatic heterocycles. The predicted octanol–water partition coefficient (Wildman–Crippen LogP) is 3.82. The highest BCUT2D eigenvalue weighted by Gasteiger charge is 2.28. The number of hydrogen-bond acceptors (Lipinski definition) is 2. The van der Waals surface area contributed by atoms with Gasteiger partial charge >= 0.3 is 6.18 Å². The van der Waals surface area contributed by atoms with Crippen LogP contribution >= 0.6 is 27.5 Å². The van der Waals surface area contributed by atoms with Crippen LogP contribution in [0.15, 0.2) is 22.7 Å². The second-order valence-electron chi connectivity index (χ2n) is 3.23. The van der Waals surface area contributed by atoms with Crippen molar-refractivity contribution < 1.29 is 13.2 Å². The SMILES string of the molecule is N#CC(NCC(F)(F)F)c1ccc(Br)c(Cl)c1. The van der Waals surface area contributed by atoms with Gasteiger partial charge < -0.3 is 0 Å². The molecule has 0 saturated carbocycles. The zero-order valence-electron chi connectivity index (χ0n) is 8.35. The fourth-order valence-electron chi connectivity index (χ4n) is 1.15. The van der Waals surface area contributed by atoms with Gasteiger partial charge in [0.25, 0.3) is 0 Å². The molecule has 7 heteroatoms. The van der Waals surface area contributed by atoms with E-state index in [1.807, 2.05) is 0 Å². The molecule has 1 unspecified atom stereocenters. The lowest BCUT2D eigenvalue weighted by atomic mass is 10.1. The third kappa shape index (κ3) is 4.54. The molecule has 1 rings (SSSR count). The van der Waals surface area contributed by atoms with Gasteiger partial charge in [-0.2, -0.15) is 18.4 Å². The minimum Gasteiger partial charge on any atom is -0.290 e. The van der Waals surface area contributed by atoms with Crippen LogP contribution < -0.4 is 5.32 Å². The first-order valence-electron chi connectivity index (χ1n) is 4.48. The monoisotopic (exact) mass is 326 g/mol. The molecule has 17 heavy (non-hydrogen) atoms. The average Bonchev–Trinajstić information content (AvgIpc) is 2.22. The van der Waals surface area contributed by atoms with E-state index in [0.717, 1.165) is 0 Å². The molecule has 0 aliphatic rings. The quantitative estimate of drug-likeness (QED) is 0.916. The summed E-state index contributed by atoms with van der Waals surface area (Å²) in [4.78, 5) is 0. The molecule has 0 spiro atoms. The van der Waals surface area contributed by atoms with Crippen molar-refractivity contribution >= 4 is 27.5 Å². The highest BCUT2D eigenvalue weighted by Crippen LogP contribution is 2.26. The van der Waals surface area contributed by atoms with Gasteiger partial charge in [0, 0.05) is 4.47 Å². The molecular weight excluding hydrogens is 320 g/mol. The summed E-state index contributed by atoms with van der Waals surface area (Å²) in [6.45, 7) is -1.22. The van der Waals surface area contributed by atoms with E-state index in [-0.39, 0.29) is 0 Å². The molecule has 92 valence electrons. The maximum Gasteiger partial charge on any atom is 0.401 e. The van der Waals surface area contributed by atoms with Gasteiger partial charge in [-0.3, -0.25) is 5.32 Å². The Morgan fingerprint density at radius 1 is 1.47 bits per heavy atom. The summed E-state index contributed by atoms with van der Waals surface area (Å²) in [6, 6.07) is 5.28. The molecule has 2 nitrogen and oxygen atoms in total. The van der Waals surface area contributed by atoms with Crippen molar-refractivity contribution in [1.82, 2.24) is 5.32 Å². The number of halogens is 5. The maximum absolute atomic E-state index is 12.0. The van der Waals surface area contributed by atoms with Crippen molar-refractivity contribution in [3.8, 4) is 6.07 Å². The summed E-state index contributed by atoms with van der Waals surface area (Å²) in [5, 5.41) is 11.3. The van der Waals surface area contributed by atoms with Gasteiger partial charge in [-0.15, -0.1) is 0 Å². The van der Waals surface area contributed by atoms with Gasteiger partial charge in [-0.1, -0.05) is 17.7 Å². The maximum atomic E-state index is 12.0. The number of alkyl halides is 3. The molecule has 0 bridgehead atoms. The number of benzene rings is 1. The summed E-state index contributed by atoms with van der Waals surface area (Å²) in [5.41, 5.74) is 0.393. The Bertz CT molecular complexity index is 442. The van der Waals surface area contributed by atoms with Crippen molar-refractivity contribution in [2.45, 2.75) is 12.2 Å². The van der Waals surface area contributed by atoms with E-state index in [9.17, 15) is 13.2 Å². The highest BCUT2D eigenvalue weighted by molar-refractivity contribution is 9.10. The first-order valence-corrected chi connectivity index (χ1v) is 5.65. The Morgan fingerprint density at radius 3 is 2.59 bits per heavy atom. The zero-order chi connectivity index (χ0) is 13.1. The van der Waals surface area contributed by atoms with E-state index in [4.69, 9.17) is 16.9 Å². The minimum absolute atomic E-state index is 0.344. The van der Waals surface area contributed by atoms with E-state index in [0.29, 0.717) is 15.1 Å². The molecule has 0 aliphatic carbocycles. The largest absolute Gasteiger partial charge is 0.401 e. The third-order valence-corrected chi connectivity index (χ3v) is 3.15. The Labute approximate surface area is 110 Å². The van der Waals surface area contributed by atoms with Crippen LogP contribution in [-0.4, -0.2) is 12.7 Å². The van der Waals surface area contributed by atoms with E-state index < -0.39 is 18.8 Å². The van der Waals surface area contributed by atoms with Crippen LogP contribution in [0.2, 0.25) is 5.02 Å². The van der Waals surface area contributed by atoms with Crippen molar-refractivity contribution in [3.63, 3.8) is 0 Å². The lowest BCUT2D eigenvalue weighted by Crippen LogP contribution is -2.31. The van der Waals surface area contributed by atoms with Crippen molar-refractivity contribution in [2.24, 2.45) is 0 Å². The van der Waals surface area contributed by atoms with Gasteiger partial charge in [0.15, 0.2) is 0 Å². The first kappa shape index (κ1) is 14.3. The van der Waals surface area contributed by atoms with Gasteiger partial charge in [0.2, 0.25) is 0 Å². The van der Waals surface area contributed by atoms with Crippen LogP contribution in [0.25, 0.3) is 0 Å². The molecule has 1 atom stereocenters. The van der Waals surface area contributed by atoms with E-state index >= 15 is 0 Å². The Kier molecular flexibility index (Phi) is 4.80. The number of nitrogens with zero attached hydrogens (tertiary/aromatic N) is 1. The first-order chi connectivity index (χ1) is 7.83. The summed E-state index contributed by atoms with van der Waals surface area (Å²) >= 11 is 8.95. The van der Waals surface area contributed by atoms with E-state index in [2.05, 4.69) is 21.2 Å². The molecule has 0 radical (unpaired) electrons. The van der Waals surface area contributed by atoms with Crippen LogP contribution in [-0.2, 0) is 0 Å². The molecule has 1 N–H and O–H groups in total. The molecule has 1 aromatic carbocycles. The second kappa shape index (κ2) is 5.71. The van der Waals surface area contributed by atoms with Gasteiger partial charge in [0.1, 0.15) is 6.04 Å². The molecule has 0 aromatic heterocycles. The molecular formula is C10H7BrClF3N2. The Morgan fingerprint density at radius 2 is 2.12 bits per heavy atom. The smallest absolute Gasteiger partial charge is 0.290 e. The normalized spacial score (nSPS) is 13.2. The summed E-state index contributed by atoms with van der Waals surface area (Å²) in [6.07, 6.45) is -4.35. The van der Waals surface area contributed by atoms with E-state index in [1.54, 1.807) is 12.1 Å². The number of nitriles is 1. The highest BCUT2D eigenvalue weighted by atomic mass is 79.9. The fourth-order valence-corrected chi connectivity index (χ4v) is 1.58. The van der Waals surface area contributed by atoms with Crippen molar-refractivity contribution in [2.75, 3.05) is 6.54 Å². The summed E-state index contributed by atoms with van der Waals surface area (Å²) in [5.74, 6) is 0. The third-order valence-electron chi connectivity index (χ3n) is 1.91. The van der Waals surface area contributed by atoms with Crippen LogP contribution in [0.5, 0.6) is 0 Å². The second-order valence-corrected chi connectivity index (χ2v) is 4.49. The lowest BCUT2D eigenvalue weighted by molar-refractivity contribution is -0.125. The molecule has 0 saturated heterocycles. The van der Waals surface area contributed by atoms with Crippen LogP contribution in [0.4, 0.5) is 13.2 Å². The van der Waals surface area contributed by atoms with Crippen LogP contribution in [0.3, 0.4) is 0 Å². The summed E-state index contributed by atoms with van der Waals surface area (Å²) in [7, 11) is 0. The zero-order valence-corrected chi connectivity index (χ0v) is 10.7. The number of nitrogens with one attached hydrogen (secondary N) is 1. The minimum atomic E-state index is -4.35. The standard InChI is InChI=1S/C10H7BrClF3N2/c11-7-2-1-6(3-8(7)12)9(4-16)17-5-10(13,14)15/h1-3,9,17H,5H2. The number of rotatable bonds is 3. The van der Waals surface area contributed by atoms with E-state index in [1.165, 1.54) is 12.1 Å². The van der Waals surface area contributed by atoms with Crippen LogP contribution in [0.1, 0.15) is 11.6 Å². The average molecular weight is 328 g/mol. The van der Waals surface area contributed by atoms with Crippen molar-refractivity contribution in [3.05, 3.63) is 33.3 Å². The van der Waals surface area contributed by atoms with Gasteiger partial charge in [-0.05, 0) is 33.6 Å². The predicted molar refractivity (Wildman–Crippen MR) is 61.6 cm³/mol.